The van der Waals surface area contributed by atoms with Crippen molar-refractivity contribution < 1.29 is 4.39 Å². The van der Waals surface area contributed by atoms with Crippen LogP contribution >= 0.6 is 0 Å². The number of aromatic nitrogens is 2. The molecule has 2 rings (SSSR count). The van der Waals surface area contributed by atoms with Crippen molar-refractivity contribution in [3.05, 3.63) is 53.9 Å². The Bertz CT molecular complexity index is 548. The Kier molecular flexibility index (Phi) is 3.26. The van der Waals surface area contributed by atoms with E-state index < -0.39 is 5.82 Å². The van der Waals surface area contributed by atoms with Gasteiger partial charge in [0, 0.05) is 24.5 Å². The van der Waals surface area contributed by atoms with Crippen molar-refractivity contribution in [2.24, 2.45) is 0 Å². The Morgan fingerprint density at radius 2 is 2.06 bits per heavy atom. The Hall–Kier alpha value is -2.48. The molecule has 0 unspecified atom stereocenters. The number of halogens is 1. The van der Waals surface area contributed by atoms with Crippen molar-refractivity contribution in [2.45, 2.75) is 6.54 Å². The number of benzene rings is 1. The van der Waals surface area contributed by atoms with E-state index in [1.54, 1.807) is 12.4 Å². The first-order valence-electron chi connectivity index (χ1n) is 4.97. The SMILES string of the molecule is N#Cc1cc(F)ccc1NCc1cncnc1. The van der Waals surface area contributed by atoms with Gasteiger partial charge in [0.05, 0.1) is 11.3 Å². The van der Waals surface area contributed by atoms with E-state index >= 15 is 0 Å². The van der Waals surface area contributed by atoms with E-state index in [0.29, 0.717) is 12.2 Å². The van der Waals surface area contributed by atoms with Crippen LogP contribution in [0.4, 0.5) is 10.1 Å². The number of hydrogen-bond donors (Lipinski definition) is 1. The molecule has 1 aromatic heterocycles. The molecule has 0 bridgehead atoms. The Morgan fingerprint density at radius 3 is 2.76 bits per heavy atom. The summed E-state index contributed by atoms with van der Waals surface area (Å²) in [5.41, 5.74) is 1.76. The zero-order chi connectivity index (χ0) is 12.1. The number of nitrogens with zero attached hydrogens (tertiary/aromatic N) is 3. The highest BCUT2D eigenvalue weighted by Crippen LogP contribution is 2.16. The first kappa shape index (κ1) is 11.0. The van der Waals surface area contributed by atoms with Crippen molar-refractivity contribution in [1.29, 1.82) is 5.26 Å². The second-order valence-electron chi connectivity index (χ2n) is 3.40. The summed E-state index contributed by atoms with van der Waals surface area (Å²) in [5.74, 6) is -0.421. The standard InChI is InChI=1S/C12H9FN4/c13-11-1-2-12(10(3-11)4-14)17-7-9-5-15-8-16-6-9/h1-3,5-6,8,17H,7H2. The van der Waals surface area contributed by atoms with Gasteiger partial charge >= 0.3 is 0 Å². The van der Waals surface area contributed by atoms with E-state index in [9.17, 15) is 4.39 Å². The topological polar surface area (TPSA) is 61.6 Å². The van der Waals surface area contributed by atoms with Gasteiger partial charge in [-0.15, -0.1) is 0 Å². The molecule has 84 valence electrons. The van der Waals surface area contributed by atoms with E-state index in [2.05, 4.69) is 15.3 Å². The van der Waals surface area contributed by atoms with Crippen LogP contribution in [0, 0.1) is 17.1 Å². The van der Waals surface area contributed by atoms with Gasteiger partial charge in [-0.05, 0) is 18.2 Å². The van der Waals surface area contributed by atoms with Crippen molar-refractivity contribution >= 4 is 5.69 Å². The van der Waals surface area contributed by atoms with Crippen molar-refractivity contribution in [3.8, 4) is 6.07 Å². The average molecular weight is 228 g/mol. The Labute approximate surface area is 97.8 Å². The maximum atomic E-state index is 12.9. The van der Waals surface area contributed by atoms with E-state index in [1.165, 1.54) is 24.5 Å². The molecule has 0 radical (unpaired) electrons. The number of anilines is 1. The van der Waals surface area contributed by atoms with Crippen LogP contribution in [-0.2, 0) is 6.54 Å². The highest BCUT2D eigenvalue weighted by atomic mass is 19.1. The van der Waals surface area contributed by atoms with E-state index in [1.807, 2.05) is 6.07 Å². The summed E-state index contributed by atoms with van der Waals surface area (Å²) in [6.45, 7) is 0.487. The molecule has 1 aromatic carbocycles. The Balaban J connectivity index is 2.12. The molecule has 17 heavy (non-hydrogen) atoms. The van der Waals surface area contributed by atoms with E-state index in [4.69, 9.17) is 5.26 Å². The maximum absolute atomic E-state index is 12.9. The predicted molar refractivity (Wildman–Crippen MR) is 60.5 cm³/mol. The summed E-state index contributed by atoms with van der Waals surface area (Å²) in [4.78, 5) is 7.76. The molecule has 1 N–H and O–H groups in total. The summed E-state index contributed by atoms with van der Waals surface area (Å²) in [7, 11) is 0. The average Bonchev–Trinajstić information content (AvgIpc) is 2.38. The minimum absolute atomic E-state index is 0.279. The van der Waals surface area contributed by atoms with Crippen LogP contribution < -0.4 is 5.32 Å². The van der Waals surface area contributed by atoms with Gasteiger partial charge in [-0.1, -0.05) is 0 Å². The van der Waals surface area contributed by atoms with Gasteiger partial charge in [0.15, 0.2) is 0 Å². The van der Waals surface area contributed by atoms with E-state index in [0.717, 1.165) is 5.56 Å². The monoisotopic (exact) mass is 228 g/mol. The van der Waals surface area contributed by atoms with Gasteiger partial charge < -0.3 is 5.32 Å². The molecular formula is C12H9FN4. The molecular weight excluding hydrogens is 219 g/mol. The van der Waals surface area contributed by atoms with Crippen LogP contribution in [0.3, 0.4) is 0 Å². The molecule has 0 spiro atoms. The Morgan fingerprint density at radius 1 is 1.29 bits per heavy atom. The van der Waals surface area contributed by atoms with Crippen LogP contribution in [0.2, 0.25) is 0 Å². The summed E-state index contributed by atoms with van der Waals surface area (Å²) < 4.78 is 12.9. The lowest BCUT2D eigenvalue weighted by Crippen LogP contribution is -2.02. The maximum Gasteiger partial charge on any atom is 0.124 e. The highest BCUT2D eigenvalue weighted by Gasteiger charge is 2.03. The molecule has 0 aliphatic carbocycles. The zero-order valence-corrected chi connectivity index (χ0v) is 8.89. The fraction of sp³-hybridized carbons (Fsp3) is 0.0833. The molecule has 0 amide bonds. The summed E-state index contributed by atoms with van der Waals surface area (Å²) in [6.07, 6.45) is 4.80. The second kappa shape index (κ2) is 5.03. The minimum Gasteiger partial charge on any atom is -0.380 e. The van der Waals surface area contributed by atoms with Gasteiger partial charge in [-0.25, -0.2) is 14.4 Å². The zero-order valence-electron chi connectivity index (χ0n) is 8.89. The number of nitriles is 1. The molecule has 2 aromatic rings. The third kappa shape index (κ3) is 2.75. The smallest absolute Gasteiger partial charge is 0.124 e. The highest BCUT2D eigenvalue weighted by molar-refractivity contribution is 5.57. The molecule has 0 saturated carbocycles. The first-order valence-corrected chi connectivity index (χ1v) is 4.97. The lowest BCUT2D eigenvalue weighted by Gasteiger charge is -2.07. The fourth-order valence-corrected chi connectivity index (χ4v) is 1.38. The molecule has 1 heterocycles. The molecule has 0 aliphatic heterocycles. The van der Waals surface area contributed by atoms with Crippen LogP contribution in [0.1, 0.15) is 11.1 Å². The van der Waals surface area contributed by atoms with Gasteiger partial charge in [0.2, 0.25) is 0 Å². The number of nitrogens with one attached hydrogen (secondary N) is 1. The number of hydrogen-bond acceptors (Lipinski definition) is 4. The third-order valence-electron chi connectivity index (χ3n) is 2.20. The van der Waals surface area contributed by atoms with E-state index in [-0.39, 0.29) is 5.56 Å². The molecule has 4 nitrogen and oxygen atoms in total. The normalized spacial score (nSPS) is 9.65. The van der Waals surface area contributed by atoms with Gasteiger partial charge in [0.1, 0.15) is 18.2 Å². The van der Waals surface area contributed by atoms with Crippen molar-refractivity contribution in [1.82, 2.24) is 9.97 Å². The predicted octanol–water partition coefficient (Wildman–Crippen LogP) is 2.10. The molecule has 0 aliphatic rings. The second-order valence-corrected chi connectivity index (χ2v) is 3.40. The largest absolute Gasteiger partial charge is 0.380 e. The molecule has 0 fully saturated rings. The van der Waals surface area contributed by atoms with Crippen LogP contribution in [0.5, 0.6) is 0 Å². The van der Waals surface area contributed by atoms with Crippen LogP contribution in [-0.4, -0.2) is 9.97 Å². The molecule has 0 saturated heterocycles. The lowest BCUT2D eigenvalue weighted by atomic mass is 10.2. The van der Waals surface area contributed by atoms with Gasteiger partial charge in [-0.3, -0.25) is 0 Å². The van der Waals surface area contributed by atoms with Crippen LogP contribution in [0.25, 0.3) is 0 Å². The van der Waals surface area contributed by atoms with Crippen molar-refractivity contribution in [2.75, 3.05) is 5.32 Å². The molecule has 5 heteroatoms. The van der Waals surface area contributed by atoms with Crippen LogP contribution in [0.15, 0.2) is 36.9 Å². The van der Waals surface area contributed by atoms with Crippen molar-refractivity contribution in [3.63, 3.8) is 0 Å². The van der Waals surface area contributed by atoms with Gasteiger partial charge in [-0.2, -0.15) is 5.26 Å². The summed E-state index contributed by atoms with van der Waals surface area (Å²) >= 11 is 0. The summed E-state index contributed by atoms with van der Waals surface area (Å²) in [5, 5.41) is 11.9. The first-order chi connectivity index (χ1) is 8.29. The quantitative estimate of drug-likeness (QED) is 0.873. The van der Waals surface area contributed by atoms with Gasteiger partial charge in [0.25, 0.3) is 0 Å². The molecule has 0 atom stereocenters. The lowest BCUT2D eigenvalue weighted by molar-refractivity contribution is 0.627. The summed E-state index contributed by atoms with van der Waals surface area (Å²) in [6, 6.07) is 5.99. The third-order valence-corrected chi connectivity index (χ3v) is 2.20. The number of rotatable bonds is 3. The minimum atomic E-state index is -0.421. The fourth-order valence-electron chi connectivity index (χ4n) is 1.38.